The first-order valence-corrected chi connectivity index (χ1v) is 14.8. The molecule has 0 fully saturated rings. The number of aromatic nitrogens is 4. The number of benzene rings is 5. The molecule has 44 heavy (non-hydrogen) atoms. The van der Waals surface area contributed by atoms with Crippen molar-refractivity contribution >= 4 is 43.5 Å². The topological polar surface area (TPSA) is 35.6 Å². The van der Waals surface area contributed by atoms with Crippen molar-refractivity contribution in [1.29, 1.82) is 0 Å². The van der Waals surface area contributed by atoms with Crippen LogP contribution >= 0.6 is 0 Å². The summed E-state index contributed by atoms with van der Waals surface area (Å²) < 4.78 is 4.67. The monoisotopic (exact) mass is 562 g/mol. The van der Waals surface area contributed by atoms with Crippen LogP contribution in [-0.4, -0.2) is 19.1 Å². The number of rotatable bonds is 4. The molecule has 4 heteroatoms. The van der Waals surface area contributed by atoms with Crippen LogP contribution in [0.3, 0.4) is 0 Å². The third-order valence-electron chi connectivity index (χ3n) is 8.61. The summed E-state index contributed by atoms with van der Waals surface area (Å²) in [6, 6.07) is 49.5. The van der Waals surface area contributed by atoms with Gasteiger partial charge in [0.05, 0.1) is 27.9 Å². The fraction of sp³-hybridized carbons (Fsp3) is 0. The highest BCUT2D eigenvalue weighted by atomic mass is 15.0. The molecule has 0 N–H and O–H groups in total. The van der Waals surface area contributed by atoms with Crippen LogP contribution in [0, 0.1) is 0 Å². The lowest BCUT2D eigenvalue weighted by Gasteiger charge is -2.14. The Morgan fingerprint density at radius 2 is 1.09 bits per heavy atom. The second kappa shape index (κ2) is 9.79. The van der Waals surface area contributed by atoms with Crippen LogP contribution in [0.15, 0.2) is 158 Å². The summed E-state index contributed by atoms with van der Waals surface area (Å²) >= 11 is 0. The largest absolute Gasteiger partial charge is 0.317 e. The van der Waals surface area contributed by atoms with Crippen LogP contribution in [0.5, 0.6) is 0 Å². The van der Waals surface area contributed by atoms with Gasteiger partial charge in [0.15, 0.2) is 0 Å². The highest BCUT2D eigenvalue weighted by Gasteiger charge is 2.17. The molecule has 0 saturated carbocycles. The molecular weight excluding hydrogens is 536 g/mol. The van der Waals surface area contributed by atoms with Gasteiger partial charge in [-0.05, 0) is 95.7 Å². The highest BCUT2D eigenvalue weighted by Crippen LogP contribution is 2.39. The molecule has 4 aromatic heterocycles. The summed E-state index contributed by atoms with van der Waals surface area (Å²) in [7, 11) is 0. The molecule has 0 amide bonds. The smallest absolute Gasteiger partial charge is 0.0702 e. The zero-order valence-electron chi connectivity index (χ0n) is 23.8. The fourth-order valence-corrected chi connectivity index (χ4v) is 6.61. The Balaban J connectivity index is 1.35. The second-order valence-electron chi connectivity index (χ2n) is 11.2. The van der Waals surface area contributed by atoms with Gasteiger partial charge < -0.3 is 9.13 Å². The summed E-state index contributed by atoms with van der Waals surface area (Å²) in [4.78, 5) is 9.40. The Bertz CT molecular complexity index is 2420. The third kappa shape index (κ3) is 3.85. The standard InChI is InChI=1S/C40H26N4/c1-2-10-30(11-3-1)43-21-18-33-34-26-40-35(25-27(34)16-17-38(33)43)32-12-4-5-15-39(32)44(40)31-23-28(36-13-6-8-19-41-36)22-29(24-31)37-14-7-9-20-42-37/h1-26H. The minimum absolute atomic E-state index is 0.932. The minimum atomic E-state index is 0.932. The van der Waals surface area contributed by atoms with E-state index in [1.807, 2.05) is 36.7 Å². The molecule has 9 rings (SSSR count). The van der Waals surface area contributed by atoms with Crippen molar-refractivity contribution < 1.29 is 0 Å². The molecule has 4 heterocycles. The molecule has 0 aliphatic rings. The lowest BCUT2D eigenvalue weighted by atomic mass is 10.0. The lowest BCUT2D eigenvalue weighted by Crippen LogP contribution is -1.97. The number of hydrogen-bond acceptors (Lipinski definition) is 2. The van der Waals surface area contributed by atoms with E-state index in [0.29, 0.717) is 0 Å². The summed E-state index contributed by atoms with van der Waals surface area (Å²) in [5.74, 6) is 0. The van der Waals surface area contributed by atoms with E-state index in [0.717, 1.165) is 33.9 Å². The molecule has 5 aromatic carbocycles. The first kappa shape index (κ1) is 24.6. The molecule has 0 saturated heterocycles. The van der Waals surface area contributed by atoms with Crippen LogP contribution < -0.4 is 0 Å². The van der Waals surface area contributed by atoms with E-state index in [1.54, 1.807) is 0 Å². The highest BCUT2D eigenvalue weighted by molar-refractivity contribution is 6.18. The van der Waals surface area contributed by atoms with Crippen molar-refractivity contribution in [2.75, 3.05) is 0 Å². The summed E-state index contributed by atoms with van der Waals surface area (Å²) in [6.07, 6.45) is 5.87. The maximum absolute atomic E-state index is 4.70. The molecule has 0 aliphatic carbocycles. The number of para-hydroxylation sites is 2. The van der Waals surface area contributed by atoms with Crippen LogP contribution in [0.2, 0.25) is 0 Å². The predicted octanol–water partition coefficient (Wildman–Crippen LogP) is 10.0. The summed E-state index contributed by atoms with van der Waals surface area (Å²) in [5, 5.41) is 6.17. The van der Waals surface area contributed by atoms with Crippen molar-refractivity contribution in [1.82, 2.24) is 19.1 Å². The maximum atomic E-state index is 4.70. The van der Waals surface area contributed by atoms with E-state index in [4.69, 9.17) is 9.97 Å². The molecule has 0 spiro atoms. The first-order chi connectivity index (χ1) is 21.8. The molecule has 0 bridgehead atoms. The van der Waals surface area contributed by atoms with E-state index in [9.17, 15) is 0 Å². The van der Waals surface area contributed by atoms with Crippen molar-refractivity contribution in [3.63, 3.8) is 0 Å². The number of fused-ring (bicyclic) bond motifs is 6. The normalized spacial score (nSPS) is 11.6. The Labute approximate surface area is 254 Å². The van der Waals surface area contributed by atoms with Crippen LogP contribution in [0.4, 0.5) is 0 Å². The summed E-state index contributed by atoms with van der Waals surface area (Å²) in [5.41, 5.74) is 9.74. The second-order valence-corrected chi connectivity index (χ2v) is 11.2. The van der Waals surface area contributed by atoms with E-state index in [2.05, 4.69) is 131 Å². The van der Waals surface area contributed by atoms with Gasteiger partial charge >= 0.3 is 0 Å². The van der Waals surface area contributed by atoms with Crippen molar-refractivity contribution in [2.24, 2.45) is 0 Å². The molecule has 206 valence electrons. The average molecular weight is 563 g/mol. The summed E-state index contributed by atoms with van der Waals surface area (Å²) in [6.45, 7) is 0. The zero-order chi connectivity index (χ0) is 29.0. The van der Waals surface area contributed by atoms with Gasteiger partial charge in [-0.15, -0.1) is 0 Å². The van der Waals surface area contributed by atoms with Crippen LogP contribution in [-0.2, 0) is 0 Å². The average Bonchev–Trinajstić information content (AvgIpc) is 3.68. The van der Waals surface area contributed by atoms with Crippen LogP contribution in [0.25, 0.3) is 77.4 Å². The maximum Gasteiger partial charge on any atom is 0.0702 e. The van der Waals surface area contributed by atoms with Gasteiger partial charge in [0, 0.05) is 57.3 Å². The van der Waals surface area contributed by atoms with E-state index in [-0.39, 0.29) is 0 Å². The van der Waals surface area contributed by atoms with Gasteiger partial charge in [-0.25, -0.2) is 0 Å². The molecular formula is C40H26N4. The van der Waals surface area contributed by atoms with Gasteiger partial charge in [0.1, 0.15) is 0 Å². The minimum Gasteiger partial charge on any atom is -0.317 e. The zero-order valence-corrected chi connectivity index (χ0v) is 23.8. The van der Waals surface area contributed by atoms with Gasteiger partial charge in [0.25, 0.3) is 0 Å². The fourth-order valence-electron chi connectivity index (χ4n) is 6.61. The Kier molecular flexibility index (Phi) is 5.47. The van der Waals surface area contributed by atoms with Crippen molar-refractivity contribution in [3.05, 3.63) is 158 Å². The Morgan fingerprint density at radius 1 is 0.409 bits per heavy atom. The third-order valence-corrected chi connectivity index (χ3v) is 8.61. The quantitative estimate of drug-likeness (QED) is 0.214. The number of nitrogens with zero attached hydrogens (tertiary/aromatic N) is 4. The van der Waals surface area contributed by atoms with Gasteiger partial charge in [-0.2, -0.15) is 0 Å². The van der Waals surface area contributed by atoms with Crippen LogP contribution in [0.1, 0.15) is 0 Å². The molecule has 4 nitrogen and oxygen atoms in total. The number of hydrogen-bond donors (Lipinski definition) is 0. The lowest BCUT2D eigenvalue weighted by molar-refractivity contribution is 1.13. The molecule has 0 radical (unpaired) electrons. The molecule has 9 aromatic rings. The van der Waals surface area contributed by atoms with E-state index < -0.39 is 0 Å². The van der Waals surface area contributed by atoms with Gasteiger partial charge in [-0.1, -0.05) is 54.6 Å². The van der Waals surface area contributed by atoms with E-state index >= 15 is 0 Å². The van der Waals surface area contributed by atoms with Gasteiger partial charge in [0.2, 0.25) is 0 Å². The van der Waals surface area contributed by atoms with Gasteiger partial charge in [-0.3, -0.25) is 9.97 Å². The predicted molar refractivity (Wildman–Crippen MR) is 182 cm³/mol. The Hall–Kier alpha value is -6.00. The molecule has 0 atom stereocenters. The number of pyridine rings is 2. The van der Waals surface area contributed by atoms with Crippen molar-refractivity contribution in [3.8, 4) is 33.9 Å². The molecule has 0 aliphatic heterocycles. The Morgan fingerprint density at radius 3 is 1.82 bits per heavy atom. The SMILES string of the molecule is c1ccc(-n2ccc3c4cc5c(cc4ccc32)c2ccccc2n5-c2cc(-c3ccccn3)cc(-c3ccccn3)c2)cc1. The van der Waals surface area contributed by atoms with Crippen molar-refractivity contribution in [2.45, 2.75) is 0 Å². The molecule has 0 unspecified atom stereocenters. The first-order valence-electron chi connectivity index (χ1n) is 14.8. The van der Waals surface area contributed by atoms with E-state index in [1.165, 1.54) is 43.5 Å².